The molecular formula is C10H21N3O4S. The predicted molar refractivity (Wildman–Crippen MR) is 66.9 cm³/mol. The summed E-state index contributed by atoms with van der Waals surface area (Å²) in [5.74, 6) is -0.485. The molecule has 18 heavy (non-hydrogen) atoms. The Labute approximate surface area is 108 Å². The molecule has 1 saturated heterocycles. The maximum absolute atomic E-state index is 12.0. The van der Waals surface area contributed by atoms with E-state index in [2.05, 4.69) is 4.72 Å². The average Bonchev–Trinajstić information content (AvgIpc) is 2.76. The largest absolute Gasteiger partial charge is 0.465 e. The second-order valence-electron chi connectivity index (χ2n) is 4.35. The van der Waals surface area contributed by atoms with Crippen LogP contribution in [0.1, 0.15) is 26.7 Å². The zero-order chi connectivity index (χ0) is 13.8. The molecule has 0 radical (unpaired) electrons. The van der Waals surface area contributed by atoms with Crippen LogP contribution in [0.4, 0.5) is 0 Å². The Bertz CT molecular complexity index is 383. The van der Waals surface area contributed by atoms with E-state index in [4.69, 9.17) is 10.5 Å². The predicted octanol–water partition coefficient (Wildman–Crippen LogP) is -0.804. The monoisotopic (exact) mass is 279 g/mol. The molecule has 2 atom stereocenters. The van der Waals surface area contributed by atoms with Gasteiger partial charge in [-0.1, -0.05) is 0 Å². The van der Waals surface area contributed by atoms with Crippen molar-refractivity contribution in [3.63, 3.8) is 0 Å². The van der Waals surface area contributed by atoms with Gasteiger partial charge in [0.2, 0.25) is 0 Å². The molecule has 0 aromatic rings. The molecule has 7 nitrogen and oxygen atoms in total. The Balaban J connectivity index is 2.71. The van der Waals surface area contributed by atoms with Gasteiger partial charge in [0.25, 0.3) is 10.2 Å². The number of esters is 1. The number of nitrogens with two attached hydrogens (primary N) is 1. The van der Waals surface area contributed by atoms with Gasteiger partial charge >= 0.3 is 5.97 Å². The summed E-state index contributed by atoms with van der Waals surface area (Å²) in [5, 5.41) is 0. The number of hydrogen-bond acceptors (Lipinski definition) is 5. The highest BCUT2D eigenvalue weighted by molar-refractivity contribution is 7.87. The minimum Gasteiger partial charge on any atom is -0.465 e. The highest BCUT2D eigenvalue weighted by Crippen LogP contribution is 2.21. The molecule has 106 valence electrons. The van der Waals surface area contributed by atoms with Gasteiger partial charge in [-0.05, 0) is 26.7 Å². The first-order chi connectivity index (χ1) is 8.38. The van der Waals surface area contributed by atoms with Gasteiger partial charge in [-0.25, -0.2) is 4.72 Å². The Morgan fingerprint density at radius 3 is 2.83 bits per heavy atom. The molecule has 0 aromatic heterocycles. The van der Waals surface area contributed by atoms with Crippen LogP contribution in [0.2, 0.25) is 0 Å². The van der Waals surface area contributed by atoms with Gasteiger partial charge in [0.05, 0.1) is 6.61 Å². The molecule has 8 heteroatoms. The van der Waals surface area contributed by atoms with Crippen LogP contribution < -0.4 is 10.5 Å². The Morgan fingerprint density at radius 1 is 1.61 bits per heavy atom. The summed E-state index contributed by atoms with van der Waals surface area (Å²) in [6.07, 6.45) is 1.15. The van der Waals surface area contributed by atoms with Gasteiger partial charge < -0.3 is 10.5 Å². The van der Waals surface area contributed by atoms with Crippen LogP contribution in [0.5, 0.6) is 0 Å². The summed E-state index contributed by atoms with van der Waals surface area (Å²) in [7, 11) is -3.67. The topological polar surface area (TPSA) is 102 Å². The number of nitrogens with one attached hydrogen (secondary N) is 1. The summed E-state index contributed by atoms with van der Waals surface area (Å²) in [6, 6.07) is -0.987. The smallest absolute Gasteiger partial charge is 0.324 e. The maximum Gasteiger partial charge on any atom is 0.324 e. The van der Waals surface area contributed by atoms with Crippen molar-refractivity contribution in [1.82, 2.24) is 9.03 Å². The molecule has 1 aliphatic heterocycles. The summed E-state index contributed by atoms with van der Waals surface area (Å²) >= 11 is 0. The molecule has 2 unspecified atom stereocenters. The minimum absolute atomic E-state index is 0.147. The number of rotatable bonds is 6. The molecule has 0 aromatic carbocycles. The summed E-state index contributed by atoms with van der Waals surface area (Å²) in [4.78, 5) is 11.7. The zero-order valence-electron chi connectivity index (χ0n) is 10.8. The van der Waals surface area contributed by atoms with E-state index in [-0.39, 0.29) is 19.2 Å². The number of carbonyl (C=O) groups is 1. The van der Waals surface area contributed by atoms with Crippen molar-refractivity contribution in [3.05, 3.63) is 0 Å². The number of carbonyl (C=O) groups excluding carboxylic acids is 1. The Morgan fingerprint density at radius 2 is 2.28 bits per heavy atom. The Hall–Kier alpha value is -0.700. The summed E-state index contributed by atoms with van der Waals surface area (Å²) in [5.41, 5.74) is 5.50. The molecule has 0 aliphatic carbocycles. The molecule has 0 bridgehead atoms. The minimum atomic E-state index is -3.67. The van der Waals surface area contributed by atoms with Crippen molar-refractivity contribution in [2.45, 2.75) is 38.8 Å². The highest BCUT2D eigenvalue weighted by Gasteiger charge is 2.39. The summed E-state index contributed by atoms with van der Waals surface area (Å²) < 4.78 is 32.4. The molecule has 1 rings (SSSR count). The third kappa shape index (κ3) is 3.91. The lowest BCUT2D eigenvalue weighted by Gasteiger charge is -2.23. The lowest BCUT2D eigenvalue weighted by atomic mass is 10.2. The average molecular weight is 279 g/mol. The molecule has 0 spiro atoms. The Kier molecular flexibility index (Phi) is 5.51. The van der Waals surface area contributed by atoms with Crippen molar-refractivity contribution in [3.8, 4) is 0 Å². The zero-order valence-corrected chi connectivity index (χ0v) is 11.6. The standard InChI is InChI=1S/C10H21N3O4S/c1-3-17-10(14)9-5-4-6-13(9)18(15,16)12-7-8(2)11/h8-9,12H,3-7,11H2,1-2H3. The van der Waals surface area contributed by atoms with E-state index in [1.807, 2.05) is 0 Å². The highest BCUT2D eigenvalue weighted by atomic mass is 32.2. The first-order valence-electron chi connectivity index (χ1n) is 6.07. The molecule has 3 N–H and O–H groups in total. The van der Waals surface area contributed by atoms with Crippen molar-refractivity contribution < 1.29 is 17.9 Å². The fraction of sp³-hybridized carbons (Fsp3) is 0.900. The van der Waals surface area contributed by atoms with Crippen molar-refractivity contribution in [2.75, 3.05) is 19.7 Å². The quantitative estimate of drug-likeness (QED) is 0.620. The third-order valence-electron chi connectivity index (χ3n) is 2.66. The van der Waals surface area contributed by atoms with E-state index in [1.54, 1.807) is 13.8 Å². The van der Waals surface area contributed by atoms with Crippen molar-refractivity contribution >= 4 is 16.2 Å². The van der Waals surface area contributed by atoms with Gasteiger partial charge in [0.1, 0.15) is 6.04 Å². The van der Waals surface area contributed by atoms with Gasteiger partial charge in [0.15, 0.2) is 0 Å². The number of ether oxygens (including phenoxy) is 1. The number of nitrogens with zero attached hydrogens (tertiary/aromatic N) is 1. The normalized spacial score (nSPS) is 22.9. The van der Waals surface area contributed by atoms with Crippen LogP contribution in [-0.4, -0.2) is 50.5 Å². The molecule has 1 aliphatic rings. The van der Waals surface area contributed by atoms with Gasteiger partial charge in [0, 0.05) is 19.1 Å². The fourth-order valence-corrected chi connectivity index (χ4v) is 3.36. The van der Waals surface area contributed by atoms with Crippen LogP contribution in [-0.2, 0) is 19.7 Å². The van der Waals surface area contributed by atoms with Crippen molar-refractivity contribution in [1.29, 1.82) is 0 Å². The third-order valence-corrected chi connectivity index (χ3v) is 4.24. The SMILES string of the molecule is CCOC(=O)C1CCCN1S(=O)(=O)NCC(C)N. The van der Waals surface area contributed by atoms with Crippen LogP contribution >= 0.6 is 0 Å². The van der Waals surface area contributed by atoms with E-state index in [0.29, 0.717) is 19.4 Å². The number of hydrogen-bond donors (Lipinski definition) is 2. The van der Waals surface area contributed by atoms with E-state index in [1.165, 1.54) is 0 Å². The molecular weight excluding hydrogens is 258 g/mol. The second kappa shape index (κ2) is 6.46. The van der Waals surface area contributed by atoms with Crippen LogP contribution in [0.3, 0.4) is 0 Å². The van der Waals surface area contributed by atoms with Crippen molar-refractivity contribution in [2.24, 2.45) is 5.73 Å². The second-order valence-corrected chi connectivity index (χ2v) is 6.06. The molecule has 1 heterocycles. The van der Waals surface area contributed by atoms with Gasteiger partial charge in [-0.15, -0.1) is 0 Å². The van der Waals surface area contributed by atoms with Gasteiger partial charge in [-0.3, -0.25) is 4.79 Å². The van der Waals surface area contributed by atoms with Crippen LogP contribution in [0.25, 0.3) is 0 Å². The fourth-order valence-electron chi connectivity index (χ4n) is 1.82. The lowest BCUT2D eigenvalue weighted by molar-refractivity contribution is -0.146. The molecule has 1 fully saturated rings. The van der Waals surface area contributed by atoms with E-state index >= 15 is 0 Å². The maximum atomic E-state index is 12.0. The van der Waals surface area contributed by atoms with E-state index < -0.39 is 22.2 Å². The van der Waals surface area contributed by atoms with Crippen LogP contribution in [0.15, 0.2) is 0 Å². The first-order valence-corrected chi connectivity index (χ1v) is 7.51. The summed E-state index contributed by atoms with van der Waals surface area (Å²) in [6.45, 7) is 4.12. The van der Waals surface area contributed by atoms with Crippen LogP contribution in [0, 0.1) is 0 Å². The molecule has 0 amide bonds. The van der Waals surface area contributed by atoms with Gasteiger partial charge in [-0.2, -0.15) is 12.7 Å². The van der Waals surface area contributed by atoms with E-state index in [9.17, 15) is 13.2 Å². The first kappa shape index (κ1) is 15.4. The molecule has 0 saturated carbocycles. The van der Waals surface area contributed by atoms with E-state index in [0.717, 1.165) is 4.31 Å². The lowest BCUT2D eigenvalue weighted by Crippen LogP contribution is -2.49.